The highest BCUT2D eigenvalue weighted by molar-refractivity contribution is 5.86. The molecule has 2 aromatic rings. The topological polar surface area (TPSA) is 17.0 Å². The first-order valence-corrected chi connectivity index (χ1v) is 7.36. The molecule has 1 N–H and O–H groups in total. The Labute approximate surface area is 116 Å². The largest absolute Gasteiger partial charge is 0.345 e. The van der Waals surface area contributed by atoms with Crippen LogP contribution in [0.15, 0.2) is 18.2 Å². The van der Waals surface area contributed by atoms with Gasteiger partial charge in [-0.15, -0.1) is 0 Å². The van der Waals surface area contributed by atoms with Crippen molar-refractivity contribution in [1.29, 1.82) is 0 Å². The van der Waals surface area contributed by atoms with Gasteiger partial charge in [-0.25, -0.2) is 0 Å². The normalized spacial score (nSPS) is 11.7. The van der Waals surface area contributed by atoms with E-state index in [1.807, 2.05) is 0 Å². The highest BCUT2D eigenvalue weighted by Crippen LogP contribution is 2.26. The van der Waals surface area contributed by atoms with E-state index in [-0.39, 0.29) is 0 Å². The van der Waals surface area contributed by atoms with Crippen LogP contribution >= 0.6 is 0 Å². The molecule has 2 heteroatoms. The summed E-state index contributed by atoms with van der Waals surface area (Å²) in [5.74, 6) is 0. The summed E-state index contributed by atoms with van der Waals surface area (Å²) in [6.45, 7) is 13.1. The van der Waals surface area contributed by atoms with E-state index in [1.54, 1.807) is 0 Å². The lowest BCUT2D eigenvalue weighted by molar-refractivity contribution is 0.589. The number of nitrogens with one attached hydrogen (secondary N) is 1. The van der Waals surface area contributed by atoms with E-state index in [0.29, 0.717) is 6.04 Å². The Bertz CT molecular complexity index is 564. The molecule has 0 atom stereocenters. The van der Waals surface area contributed by atoms with Crippen LogP contribution in [0, 0.1) is 13.8 Å². The molecule has 0 unspecified atom stereocenters. The third-order valence-electron chi connectivity index (χ3n) is 3.86. The molecule has 0 spiro atoms. The Morgan fingerprint density at radius 3 is 2.58 bits per heavy atom. The van der Waals surface area contributed by atoms with Crippen LogP contribution in [0.1, 0.15) is 44.0 Å². The third-order valence-corrected chi connectivity index (χ3v) is 3.86. The predicted molar refractivity (Wildman–Crippen MR) is 83.7 cm³/mol. The second-order valence-electron chi connectivity index (χ2n) is 5.75. The molecule has 0 aliphatic carbocycles. The van der Waals surface area contributed by atoms with Crippen molar-refractivity contribution >= 4 is 10.9 Å². The summed E-state index contributed by atoms with van der Waals surface area (Å²) >= 11 is 0. The van der Waals surface area contributed by atoms with Crippen molar-refractivity contribution in [3.05, 3.63) is 35.0 Å². The molecular formula is C17H26N2. The summed E-state index contributed by atoms with van der Waals surface area (Å²) in [5, 5.41) is 4.90. The fourth-order valence-electron chi connectivity index (χ4n) is 2.64. The van der Waals surface area contributed by atoms with Gasteiger partial charge in [0.05, 0.1) is 0 Å². The predicted octanol–water partition coefficient (Wildman–Crippen LogP) is 4.17. The molecule has 0 aliphatic heterocycles. The zero-order chi connectivity index (χ0) is 14.0. The van der Waals surface area contributed by atoms with Gasteiger partial charge in [-0.05, 0) is 43.5 Å². The molecule has 2 rings (SSSR count). The SMILES string of the molecule is CCCn1c(C)c(C)c2cc(CNC(C)C)ccc21. The monoisotopic (exact) mass is 258 g/mol. The van der Waals surface area contributed by atoms with Crippen LogP contribution in [0.5, 0.6) is 0 Å². The van der Waals surface area contributed by atoms with E-state index in [2.05, 4.69) is 62.7 Å². The van der Waals surface area contributed by atoms with Gasteiger partial charge < -0.3 is 9.88 Å². The Balaban J connectivity index is 2.40. The fraction of sp³-hybridized carbons (Fsp3) is 0.529. The van der Waals surface area contributed by atoms with Gasteiger partial charge in [0, 0.05) is 35.7 Å². The van der Waals surface area contributed by atoms with Gasteiger partial charge >= 0.3 is 0 Å². The maximum atomic E-state index is 3.49. The maximum Gasteiger partial charge on any atom is 0.0485 e. The van der Waals surface area contributed by atoms with E-state index < -0.39 is 0 Å². The van der Waals surface area contributed by atoms with Crippen LogP contribution in [0.2, 0.25) is 0 Å². The fourth-order valence-corrected chi connectivity index (χ4v) is 2.64. The Kier molecular flexibility index (Phi) is 4.31. The number of fused-ring (bicyclic) bond motifs is 1. The number of nitrogens with zero attached hydrogens (tertiary/aromatic N) is 1. The van der Waals surface area contributed by atoms with Crippen molar-refractivity contribution in [2.45, 2.75) is 60.2 Å². The minimum Gasteiger partial charge on any atom is -0.345 e. The lowest BCUT2D eigenvalue weighted by atomic mass is 10.1. The quantitative estimate of drug-likeness (QED) is 0.852. The first-order valence-electron chi connectivity index (χ1n) is 7.36. The number of benzene rings is 1. The number of hydrogen-bond donors (Lipinski definition) is 1. The second kappa shape index (κ2) is 5.79. The lowest BCUT2D eigenvalue weighted by Crippen LogP contribution is -2.21. The van der Waals surface area contributed by atoms with Crippen molar-refractivity contribution < 1.29 is 0 Å². The smallest absolute Gasteiger partial charge is 0.0485 e. The summed E-state index contributed by atoms with van der Waals surface area (Å²) < 4.78 is 2.45. The highest BCUT2D eigenvalue weighted by Gasteiger charge is 2.10. The Morgan fingerprint density at radius 1 is 1.21 bits per heavy atom. The molecule has 0 radical (unpaired) electrons. The van der Waals surface area contributed by atoms with Crippen LogP contribution in [-0.2, 0) is 13.1 Å². The van der Waals surface area contributed by atoms with E-state index in [1.165, 1.54) is 34.1 Å². The molecule has 104 valence electrons. The van der Waals surface area contributed by atoms with Gasteiger partial charge in [0.25, 0.3) is 0 Å². The minimum atomic E-state index is 0.531. The maximum absolute atomic E-state index is 3.49. The van der Waals surface area contributed by atoms with Gasteiger partial charge in [-0.2, -0.15) is 0 Å². The molecule has 1 aromatic carbocycles. The summed E-state index contributed by atoms with van der Waals surface area (Å²) in [6, 6.07) is 7.41. The number of aromatic nitrogens is 1. The molecule has 19 heavy (non-hydrogen) atoms. The van der Waals surface area contributed by atoms with Crippen LogP contribution in [0.4, 0.5) is 0 Å². The number of rotatable bonds is 5. The molecule has 0 amide bonds. The van der Waals surface area contributed by atoms with E-state index in [4.69, 9.17) is 0 Å². The molecule has 2 nitrogen and oxygen atoms in total. The Hall–Kier alpha value is -1.28. The summed E-state index contributed by atoms with van der Waals surface area (Å²) in [6.07, 6.45) is 1.18. The number of hydrogen-bond acceptors (Lipinski definition) is 1. The van der Waals surface area contributed by atoms with Crippen molar-refractivity contribution in [2.24, 2.45) is 0 Å². The van der Waals surface area contributed by atoms with Crippen molar-refractivity contribution in [3.8, 4) is 0 Å². The molecule has 1 heterocycles. The molecule has 1 aromatic heterocycles. The summed E-state index contributed by atoms with van der Waals surface area (Å²) in [7, 11) is 0. The van der Waals surface area contributed by atoms with Gasteiger partial charge in [0.1, 0.15) is 0 Å². The molecule has 0 saturated carbocycles. The average molecular weight is 258 g/mol. The van der Waals surface area contributed by atoms with Crippen LogP contribution in [0.3, 0.4) is 0 Å². The minimum absolute atomic E-state index is 0.531. The van der Waals surface area contributed by atoms with Crippen LogP contribution in [-0.4, -0.2) is 10.6 Å². The molecule has 0 bridgehead atoms. The summed E-state index contributed by atoms with van der Waals surface area (Å²) in [4.78, 5) is 0. The van der Waals surface area contributed by atoms with Gasteiger partial charge in [0.2, 0.25) is 0 Å². The van der Waals surface area contributed by atoms with Crippen molar-refractivity contribution in [3.63, 3.8) is 0 Å². The third kappa shape index (κ3) is 2.84. The first-order chi connectivity index (χ1) is 9.04. The highest BCUT2D eigenvalue weighted by atomic mass is 15.0. The standard InChI is InChI=1S/C17H26N2/c1-6-9-19-14(5)13(4)16-10-15(7-8-17(16)19)11-18-12(2)3/h7-8,10,12,18H,6,9,11H2,1-5H3. The Morgan fingerprint density at radius 2 is 1.95 bits per heavy atom. The van der Waals surface area contributed by atoms with Crippen molar-refractivity contribution in [2.75, 3.05) is 0 Å². The van der Waals surface area contributed by atoms with Crippen LogP contribution < -0.4 is 5.32 Å². The average Bonchev–Trinajstić information content (AvgIpc) is 2.62. The molecule has 0 aliphatic rings. The van der Waals surface area contributed by atoms with E-state index >= 15 is 0 Å². The molecular weight excluding hydrogens is 232 g/mol. The van der Waals surface area contributed by atoms with Crippen LogP contribution in [0.25, 0.3) is 10.9 Å². The lowest BCUT2D eigenvalue weighted by Gasteiger charge is -2.09. The van der Waals surface area contributed by atoms with Gasteiger partial charge in [-0.1, -0.05) is 26.8 Å². The van der Waals surface area contributed by atoms with Gasteiger partial charge in [-0.3, -0.25) is 0 Å². The zero-order valence-corrected chi connectivity index (χ0v) is 12.9. The summed E-state index contributed by atoms with van der Waals surface area (Å²) in [5.41, 5.74) is 5.59. The molecule has 0 saturated heterocycles. The van der Waals surface area contributed by atoms with E-state index in [0.717, 1.165) is 13.1 Å². The second-order valence-corrected chi connectivity index (χ2v) is 5.75. The van der Waals surface area contributed by atoms with Gasteiger partial charge in [0.15, 0.2) is 0 Å². The van der Waals surface area contributed by atoms with Crippen molar-refractivity contribution in [1.82, 2.24) is 9.88 Å². The number of aryl methyl sites for hydroxylation is 2. The molecule has 0 fully saturated rings. The zero-order valence-electron chi connectivity index (χ0n) is 12.9. The van der Waals surface area contributed by atoms with E-state index in [9.17, 15) is 0 Å². The first kappa shape index (κ1) is 14.1.